The van der Waals surface area contributed by atoms with Crippen LogP contribution in [0.25, 0.3) is 0 Å². The largest absolute Gasteiger partial charge is 0.462 e. The Morgan fingerprint density at radius 1 is 0.966 bits per heavy atom. The van der Waals surface area contributed by atoms with Gasteiger partial charge in [-0.2, -0.15) is 0 Å². The van der Waals surface area contributed by atoms with Crippen LogP contribution in [-0.4, -0.2) is 29.5 Å². The minimum Gasteiger partial charge on any atom is -0.462 e. The summed E-state index contributed by atoms with van der Waals surface area (Å²) in [4.78, 5) is 36.8. The maximum atomic E-state index is 12.5. The number of rotatable bonds is 6. The van der Waals surface area contributed by atoms with Gasteiger partial charge in [0.25, 0.3) is 11.8 Å². The number of aryl methyl sites for hydroxylation is 1. The average molecular weight is 393 g/mol. The summed E-state index contributed by atoms with van der Waals surface area (Å²) in [7, 11) is 0. The van der Waals surface area contributed by atoms with Crippen LogP contribution in [0.5, 0.6) is 0 Å². The SMILES string of the molecule is CCOC(=O)c1ccccc1NC(=O)c1ccc(C(=O)Nc2cc(C)on2)cc1. The highest BCUT2D eigenvalue weighted by Crippen LogP contribution is 2.18. The summed E-state index contributed by atoms with van der Waals surface area (Å²) in [5, 5.41) is 9.00. The van der Waals surface area contributed by atoms with E-state index < -0.39 is 11.9 Å². The zero-order valence-corrected chi connectivity index (χ0v) is 15.9. The van der Waals surface area contributed by atoms with Crippen molar-refractivity contribution in [2.45, 2.75) is 13.8 Å². The topological polar surface area (TPSA) is 111 Å². The molecule has 148 valence electrons. The Morgan fingerprint density at radius 2 is 1.59 bits per heavy atom. The molecule has 0 saturated carbocycles. The molecule has 2 amide bonds. The van der Waals surface area contributed by atoms with Crippen molar-refractivity contribution in [1.29, 1.82) is 0 Å². The molecular weight excluding hydrogens is 374 g/mol. The normalized spacial score (nSPS) is 10.3. The third kappa shape index (κ3) is 4.86. The minimum atomic E-state index is -0.515. The summed E-state index contributed by atoms with van der Waals surface area (Å²) in [6.45, 7) is 3.66. The van der Waals surface area contributed by atoms with Gasteiger partial charge in [0, 0.05) is 17.2 Å². The summed E-state index contributed by atoms with van der Waals surface area (Å²) in [6, 6.07) is 14.3. The molecule has 0 saturated heterocycles. The number of hydrogen-bond acceptors (Lipinski definition) is 6. The number of carbonyl (C=O) groups excluding carboxylic acids is 3. The van der Waals surface area contributed by atoms with E-state index in [1.165, 1.54) is 24.3 Å². The molecule has 0 atom stereocenters. The lowest BCUT2D eigenvalue weighted by Crippen LogP contribution is -2.16. The maximum absolute atomic E-state index is 12.5. The van der Waals surface area contributed by atoms with Crippen molar-refractivity contribution >= 4 is 29.3 Å². The van der Waals surface area contributed by atoms with Gasteiger partial charge in [-0.3, -0.25) is 9.59 Å². The summed E-state index contributed by atoms with van der Waals surface area (Å²) < 4.78 is 9.90. The first-order valence-corrected chi connectivity index (χ1v) is 8.90. The fourth-order valence-corrected chi connectivity index (χ4v) is 2.56. The van der Waals surface area contributed by atoms with Crippen LogP contribution in [0, 0.1) is 6.92 Å². The number of aromatic nitrogens is 1. The number of benzene rings is 2. The lowest BCUT2D eigenvalue weighted by atomic mass is 10.1. The lowest BCUT2D eigenvalue weighted by molar-refractivity contribution is 0.0527. The number of anilines is 2. The van der Waals surface area contributed by atoms with Gasteiger partial charge < -0.3 is 19.9 Å². The quantitative estimate of drug-likeness (QED) is 0.618. The van der Waals surface area contributed by atoms with Gasteiger partial charge >= 0.3 is 5.97 Å². The van der Waals surface area contributed by atoms with Crippen LogP contribution in [-0.2, 0) is 4.74 Å². The molecule has 0 spiro atoms. The van der Waals surface area contributed by atoms with Gasteiger partial charge in [0.2, 0.25) is 0 Å². The third-order valence-corrected chi connectivity index (χ3v) is 3.95. The van der Waals surface area contributed by atoms with Gasteiger partial charge in [0.05, 0.1) is 17.9 Å². The van der Waals surface area contributed by atoms with Crippen molar-refractivity contribution in [3.63, 3.8) is 0 Å². The van der Waals surface area contributed by atoms with Gasteiger partial charge in [-0.05, 0) is 50.2 Å². The minimum absolute atomic E-state index is 0.235. The zero-order chi connectivity index (χ0) is 20.8. The van der Waals surface area contributed by atoms with E-state index in [1.807, 2.05) is 0 Å². The van der Waals surface area contributed by atoms with Crippen LogP contribution in [0.2, 0.25) is 0 Å². The number of esters is 1. The second-order valence-corrected chi connectivity index (χ2v) is 6.07. The first-order valence-electron chi connectivity index (χ1n) is 8.90. The molecule has 2 N–H and O–H groups in total. The molecule has 0 aliphatic rings. The van der Waals surface area contributed by atoms with Crippen molar-refractivity contribution in [3.05, 3.63) is 77.0 Å². The second-order valence-electron chi connectivity index (χ2n) is 6.07. The van der Waals surface area contributed by atoms with E-state index in [0.717, 1.165) is 0 Å². The highest BCUT2D eigenvalue weighted by atomic mass is 16.5. The molecule has 2 aromatic carbocycles. The van der Waals surface area contributed by atoms with Gasteiger partial charge in [-0.25, -0.2) is 4.79 Å². The van der Waals surface area contributed by atoms with E-state index in [0.29, 0.717) is 28.4 Å². The van der Waals surface area contributed by atoms with Crippen LogP contribution in [0.15, 0.2) is 59.1 Å². The Bertz CT molecular complexity index is 1040. The van der Waals surface area contributed by atoms with Crippen molar-refractivity contribution in [2.75, 3.05) is 17.2 Å². The molecule has 8 heteroatoms. The number of para-hydroxylation sites is 1. The summed E-state index contributed by atoms with van der Waals surface area (Å²) in [6.07, 6.45) is 0. The summed E-state index contributed by atoms with van der Waals surface area (Å²) in [5.74, 6) is -0.419. The van der Waals surface area contributed by atoms with Gasteiger partial charge in [-0.15, -0.1) is 0 Å². The average Bonchev–Trinajstić information content (AvgIpc) is 3.13. The van der Waals surface area contributed by atoms with Crippen molar-refractivity contribution < 1.29 is 23.6 Å². The smallest absolute Gasteiger partial charge is 0.340 e. The number of carbonyl (C=O) groups is 3. The van der Waals surface area contributed by atoms with E-state index in [9.17, 15) is 14.4 Å². The molecule has 0 unspecified atom stereocenters. The van der Waals surface area contributed by atoms with Crippen LogP contribution >= 0.6 is 0 Å². The van der Waals surface area contributed by atoms with Crippen LogP contribution < -0.4 is 10.6 Å². The second kappa shape index (κ2) is 8.83. The summed E-state index contributed by atoms with van der Waals surface area (Å²) >= 11 is 0. The standard InChI is InChI=1S/C21H19N3O5/c1-3-28-21(27)16-6-4-5-7-17(16)22-19(25)14-8-10-15(11-9-14)20(26)23-18-12-13(2)29-24-18/h4-12H,3H2,1-2H3,(H,22,25)(H,23,24,26). The van der Waals surface area contributed by atoms with Gasteiger partial charge in [0.15, 0.2) is 5.82 Å². The van der Waals surface area contributed by atoms with E-state index in [4.69, 9.17) is 9.26 Å². The first-order chi connectivity index (χ1) is 14.0. The van der Waals surface area contributed by atoms with Crippen LogP contribution in [0.1, 0.15) is 43.8 Å². The molecule has 8 nitrogen and oxygen atoms in total. The number of ether oxygens (including phenoxy) is 1. The molecular formula is C21H19N3O5. The van der Waals surface area contributed by atoms with Crippen LogP contribution in [0.3, 0.4) is 0 Å². The number of nitrogens with one attached hydrogen (secondary N) is 2. The van der Waals surface area contributed by atoms with Crippen molar-refractivity contribution in [3.8, 4) is 0 Å². The Kier molecular flexibility index (Phi) is 6.03. The van der Waals surface area contributed by atoms with Crippen molar-refractivity contribution in [1.82, 2.24) is 5.16 Å². The predicted molar refractivity (Wildman–Crippen MR) is 106 cm³/mol. The van der Waals surface area contributed by atoms with E-state index in [2.05, 4.69) is 15.8 Å². The van der Waals surface area contributed by atoms with E-state index >= 15 is 0 Å². The first kappa shape index (κ1) is 19.8. The Morgan fingerprint density at radius 3 is 2.17 bits per heavy atom. The fourth-order valence-electron chi connectivity index (χ4n) is 2.56. The van der Waals surface area contributed by atoms with E-state index in [1.54, 1.807) is 44.2 Å². The highest BCUT2D eigenvalue weighted by molar-refractivity contribution is 6.09. The van der Waals surface area contributed by atoms with E-state index in [-0.39, 0.29) is 18.1 Å². The van der Waals surface area contributed by atoms with Crippen molar-refractivity contribution in [2.24, 2.45) is 0 Å². The summed E-state index contributed by atoms with van der Waals surface area (Å²) in [5.41, 5.74) is 1.30. The Labute approximate surface area is 166 Å². The molecule has 0 bridgehead atoms. The Balaban J connectivity index is 1.70. The Hall–Kier alpha value is -3.94. The van der Waals surface area contributed by atoms with Gasteiger partial charge in [-0.1, -0.05) is 17.3 Å². The molecule has 0 aliphatic heterocycles. The lowest BCUT2D eigenvalue weighted by Gasteiger charge is -2.10. The highest BCUT2D eigenvalue weighted by Gasteiger charge is 2.15. The number of hydrogen-bond donors (Lipinski definition) is 2. The maximum Gasteiger partial charge on any atom is 0.340 e. The zero-order valence-electron chi connectivity index (χ0n) is 15.9. The molecule has 29 heavy (non-hydrogen) atoms. The molecule has 3 aromatic rings. The monoisotopic (exact) mass is 393 g/mol. The number of amides is 2. The molecule has 1 aromatic heterocycles. The van der Waals surface area contributed by atoms with Crippen LogP contribution in [0.4, 0.5) is 11.5 Å². The fraction of sp³-hybridized carbons (Fsp3) is 0.143. The molecule has 3 rings (SSSR count). The molecule has 0 fully saturated rings. The molecule has 0 radical (unpaired) electrons. The third-order valence-electron chi connectivity index (χ3n) is 3.95. The molecule has 0 aliphatic carbocycles. The molecule has 1 heterocycles. The van der Waals surface area contributed by atoms with Gasteiger partial charge in [0.1, 0.15) is 5.76 Å². The number of nitrogens with zero attached hydrogens (tertiary/aromatic N) is 1. The predicted octanol–water partition coefficient (Wildman–Crippen LogP) is 3.66.